The van der Waals surface area contributed by atoms with Gasteiger partial charge in [-0.05, 0) is 40.2 Å². The number of hydrogen-bond donors (Lipinski definition) is 0. The van der Waals surface area contributed by atoms with Gasteiger partial charge in [-0.25, -0.2) is 10.0 Å². The Bertz CT molecular complexity index is 860. The van der Waals surface area contributed by atoms with Gasteiger partial charge in [0.15, 0.2) is 0 Å². The Labute approximate surface area is 142 Å². The van der Waals surface area contributed by atoms with Gasteiger partial charge in [-0.1, -0.05) is 18.2 Å². The number of carbonyl (C=O) groups excluding carboxylic acids is 1. The molecule has 0 unspecified atom stereocenters. The summed E-state index contributed by atoms with van der Waals surface area (Å²) >= 11 is 3.52. The second-order valence-electron chi connectivity index (χ2n) is 5.14. The molecule has 0 N–H and O–H groups in total. The maximum atomic E-state index is 12.3. The van der Waals surface area contributed by atoms with E-state index in [2.05, 4.69) is 27.0 Å². The van der Waals surface area contributed by atoms with Crippen molar-refractivity contribution >= 4 is 32.7 Å². The standard InChI is InChI=1S/C17H16BrN3O2/c1-20(23-2)17(22)15-8-5-9-21(15)11-13-10-12-6-3-4-7-14(12)19-16(13)18/h3-10H,11H2,1-2H3. The van der Waals surface area contributed by atoms with E-state index in [0.717, 1.165) is 21.1 Å². The van der Waals surface area contributed by atoms with Crippen LogP contribution in [0, 0.1) is 0 Å². The van der Waals surface area contributed by atoms with E-state index in [1.807, 2.05) is 41.1 Å². The predicted molar refractivity (Wildman–Crippen MR) is 92.1 cm³/mol. The Hall–Kier alpha value is -2.18. The van der Waals surface area contributed by atoms with Gasteiger partial charge in [0.05, 0.1) is 19.2 Å². The summed E-state index contributed by atoms with van der Waals surface area (Å²) in [6.45, 7) is 0.546. The monoisotopic (exact) mass is 373 g/mol. The van der Waals surface area contributed by atoms with Crippen molar-refractivity contribution in [2.45, 2.75) is 6.54 Å². The number of pyridine rings is 1. The van der Waals surface area contributed by atoms with Crippen LogP contribution >= 0.6 is 15.9 Å². The number of hydrogen-bond acceptors (Lipinski definition) is 3. The predicted octanol–water partition coefficient (Wildman–Crippen LogP) is 3.48. The van der Waals surface area contributed by atoms with E-state index in [0.29, 0.717) is 12.2 Å². The lowest BCUT2D eigenvalue weighted by molar-refractivity contribution is -0.0762. The molecule has 0 aliphatic carbocycles. The summed E-state index contributed by atoms with van der Waals surface area (Å²) < 4.78 is 2.66. The maximum absolute atomic E-state index is 12.3. The van der Waals surface area contributed by atoms with Crippen LogP contribution < -0.4 is 0 Å². The minimum Gasteiger partial charge on any atom is -0.339 e. The summed E-state index contributed by atoms with van der Waals surface area (Å²) in [6, 6.07) is 13.7. The molecular formula is C17H16BrN3O2. The highest BCUT2D eigenvalue weighted by Gasteiger charge is 2.16. The number of halogens is 1. The number of rotatable bonds is 4. The van der Waals surface area contributed by atoms with Gasteiger partial charge in [0.2, 0.25) is 0 Å². The van der Waals surface area contributed by atoms with Crippen LogP contribution in [0.3, 0.4) is 0 Å². The van der Waals surface area contributed by atoms with Crippen molar-refractivity contribution in [3.8, 4) is 0 Å². The van der Waals surface area contributed by atoms with Crippen LogP contribution in [0.2, 0.25) is 0 Å². The molecule has 0 aliphatic heterocycles. The van der Waals surface area contributed by atoms with E-state index in [-0.39, 0.29) is 5.91 Å². The first-order valence-electron chi connectivity index (χ1n) is 7.11. The van der Waals surface area contributed by atoms with Crippen molar-refractivity contribution in [3.05, 3.63) is 64.5 Å². The molecule has 5 nitrogen and oxygen atoms in total. The SMILES string of the molecule is CON(C)C(=O)c1cccn1Cc1cc2ccccc2nc1Br. The maximum Gasteiger partial charge on any atom is 0.293 e. The summed E-state index contributed by atoms with van der Waals surface area (Å²) in [4.78, 5) is 21.8. The van der Waals surface area contributed by atoms with E-state index < -0.39 is 0 Å². The first kappa shape index (κ1) is 15.7. The Balaban J connectivity index is 1.96. The number of carbonyl (C=O) groups is 1. The molecule has 1 aromatic carbocycles. The molecule has 0 radical (unpaired) electrons. The van der Waals surface area contributed by atoms with Crippen LogP contribution in [0.15, 0.2) is 53.3 Å². The molecule has 6 heteroatoms. The van der Waals surface area contributed by atoms with E-state index >= 15 is 0 Å². The molecule has 23 heavy (non-hydrogen) atoms. The lowest BCUT2D eigenvalue weighted by atomic mass is 10.1. The second-order valence-corrected chi connectivity index (χ2v) is 5.89. The van der Waals surface area contributed by atoms with Crippen LogP contribution in [0.25, 0.3) is 10.9 Å². The highest BCUT2D eigenvalue weighted by atomic mass is 79.9. The van der Waals surface area contributed by atoms with Gasteiger partial charge in [0.25, 0.3) is 5.91 Å². The van der Waals surface area contributed by atoms with Crippen LogP contribution in [0.1, 0.15) is 16.1 Å². The zero-order chi connectivity index (χ0) is 16.4. The van der Waals surface area contributed by atoms with Crippen LogP contribution in [0.5, 0.6) is 0 Å². The second kappa shape index (κ2) is 6.52. The molecule has 0 aliphatic rings. The van der Waals surface area contributed by atoms with Gasteiger partial charge >= 0.3 is 0 Å². The first-order valence-corrected chi connectivity index (χ1v) is 7.91. The van der Waals surface area contributed by atoms with E-state index in [9.17, 15) is 4.79 Å². The quantitative estimate of drug-likeness (QED) is 0.519. The zero-order valence-electron chi connectivity index (χ0n) is 12.9. The number of amides is 1. The average Bonchev–Trinajstić information content (AvgIpc) is 3.02. The molecule has 0 bridgehead atoms. The van der Waals surface area contributed by atoms with Crippen molar-refractivity contribution in [2.24, 2.45) is 0 Å². The fourth-order valence-electron chi connectivity index (χ4n) is 2.42. The number of hydroxylamine groups is 2. The highest BCUT2D eigenvalue weighted by Crippen LogP contribution is 2.22. The molecule has 3 aromatic rings. The van der Waals surface area contributed by atoms with Gasteiger partial charge in [-0.15, -0.1) is 0 Å². The Morgan fingerprint density at radius 1 is 1.30 bits per heavy atom. The zero-order valence-corrected chi connectivity index (χ0v) is 14.4. The van der Waals surface area contributed by atoms with E-state index in [1.54, 1.807) is 13.1 Å². The van der Waals surface area contributed by atoms with Gasteiger partial charge in [-0.3, -0.25) is 9.63 Å². The summed E-state index contributed by atoms with van der Waals surface area (Å²) in [6.07, 6.45) is 1.87. The minimum atomic E-state index is -0.192. The van der Waals surface area contributed by atoms with Crippen molar-refractivity contribution < 1.29 is 9.63 Å². The number of fused-ring (bicyclic) bond motifs is 1. The molecule has 0 spiro atoms. The third-order valence-corrected chi connectivity index (χ3v) is 4.39. The number of aromatic nitrogens is 2. The van der Waals surface area contributed by atoms with Crippen molar-refractivity contribution in [2.75, 3.05) is 14.2 Å². The smallest absolute Gasteiger partial charge is 0.293 e. The highest BCUT2D eigenvalue weighted by molar-refractivity contribution is 9.10. The van der Waals surface area contributed by atoms with Gasteiger partial charge in [0, 0.05) is 24.2 Å². The number of benzene rings is 1. The molecule has 0 saturated heterocycles. The van der Waals surface area contributed by atoms with E-state index in [1.165, 1.54) is 12.2 Å². The van der Waals surface area contributed by atoms with Gasteiger partial charge < -0.3 is 4.57 Å². The summed E-state index contributed by atoms with van der Waals surface area (Å²) in [7, 11) is 3.06. The topological polar surface area (TPSA) is 47.4 Å². The largest absolute Gasteiger partial charge is 0.339 e. The number of para-hydroxylation sites is 1. The van der Waals surface area contributed by atoms with Crippen molar-refractivity contribution in [1.29, 1.82) is 0 Å². The Morgan fingerprint density at radius 2 is 2.09 bits per heavy atom. The third kappa shape index (κ3) is 3.13. The molecular weight excluding hydrogens is 358 g/mol. The van der Waals surface area contributed by atoms with Gasteiger partial charge in [-0.2, -0.15) is 0 Å². The van der Waals surface area contributed by atoms with Crippen LogP contribution in [-0.2, 0) is 11.4 Å². The Kier molecular flexibility index (Phi) is 4.45. The molecule has 0 saturated carbocycles. The van der Waals surface area contributed by atoms with Crippen LogP contribution in [-0.4, -0.2) is 34.7 Å². The molecule has 0 fully saturated rings. The lowest BCUT2D eigenvalue weighted by Crippen LogP contribution is -2.27. The van der Waals surface area contributed by atoms with E-state index in [4.69, 9.17) is 4.84 Å². The third-order valence-electron chi connectivity index (χ3n) is 3.70. The summed E-state index contributed by atoms with van der Waals surface area (Å²) in [5, 5.41) is 2.28. The molecule has 2 aromatic heterocycles. The fraction of sp³-hybridized carbons (Fsp3) is 0.176. The van der Waals surface area contributed by atoms with Gasteiger partial charge in [0.1, 0.15) is 10.3 Å². The molecule has 118 valence electrons. The fourth-order valence-corrected chi connectivity index (χ4v) is 2.85. The van der Waals surface area contributed by atoms with Crippen molar-refractivity contribution in [1.82, 2.24) is 14.6 Å². The lowest BCUT2D eigenvalue weighted by Gasteiger charge is -2.16. The van der Waals surface area contributed by atoms with Crippen LogP contribution in [0.4, 0.5) is 0 Å². The number of nitrogens with zero attached hydrogens (tertiary/aromatic N) is 3. The summed E-state index contributed by atoms with van der Waals surface area (Å²) in [5.41, 5.74) is 2.51. The normalized spacial score (nSPS) is 10.9. The molecule has 3 rings (SSSR count). The molecule has 0 atom stereocenters. The Morgan fingerprint density at radius 3 is 2.87 bits per heavy atom. The molecule has 1 amide bonds. The molecule has 2 heterocycles. The minimum absolute atomic E-state index is 0.192. The van der Waals surface area contributed by atoms with Crippen molar-refractivity contribution in [3.63, 3.8) is 0 Å². The average molecular weight is 374 g/mol. The summed E-state index contributed by atoms with van der Waals surface area (Å²) in [5.74, 6) is -0.192. The first-order chi connectivity index (χ1) is 11.1.